The van der Waals surface area contributed by atoms with Crippen LogP contribution in [0.5, 0.6) is 0 Å². The summed E-state index contributed by atoms with van der Waals surface area (Å²) >= 11 is 0. The Balaban J connectivity index is 1.87. The van der Waals surface area contributed by atoms with E-state index in [1.807, 2.05) is 30.3 Å². The van der Waals surface area contributed by atoms with Gasteiger partial charge >= 0.3 is 0 Å². The zero-order valence-electron chi connectivity index (χ0n) is 11.5. The van der Waals surface area contributed by atoms with Crippen molar-refractivity contribution < 1.29 is 14.1 Å². The van der Waals surface area contributed by atoms with Gasteiger partial charge in [-0.25, -0.2) is 0 Å². The van der Waals surface area contributed by atoms with Crippen molar-refractivity contribution in [2.24, 2.45) is 0 Å². The number of unbranched alkanes of at least 4 members (excludes halogenated alkanes) is 1. The Bertz CT molecular complexity index is 537. The maximum absolute atomic E-state index is 11.9. The fourth-order valence-corrected chi connectivity index (χ4v) is 1.78. The smallest absolute Gasteiger partial charge is 0.273 e. The number of carbonyl (C=O) groups excluding carboxylic acids is 1. The molecule has 5 nitrogen and oxygen atoms in total. The quantitative estimate of drug-likeness (QED) is 0.788. The topological polar surface area (TPSA) is 64.4 Å². The molecule has 0 saturated heterocycles. The van der Waals surface area contributed by atoms with Crippen LogP contribution in [0.1, 0.15) is 23.3 Å². The Morgan fingerprint density at radius 2 is 2.10 bits per heavy atom. The van der Waals surface area contributed by atoms with E-state index in [-0.39, 0.29) is 5.91 Å². The molecule has 0 spiro atoms. The van der Waals surface area contributed by atoms with Crippen LogP contribution in [0.3, 0.4) is 0 Å². The second kappa shape index (κ2) is 7.45. The van der Waals surface area contributed by atoms with Gasteiger partial charge in [0.25, 0.3) is 5.91 Å². The molecule has 5 heteroatoms. The van der Waals surface area contributed by atoms with Gasteiger partial charge in [-0.2, -0.15) is 0 Å². The molecule has 0 bridgehead atoms. The molecule has 0 unspecified atom stereocenters. The van der Waals surface area contributed by atoms with Crippen LogP contribution in [0.25, 0.3) is 11.3 Å². The van der Waals surface area contributed by atoms with Crippen LogP contribution in [-0.4, -0.2) is 31.3 Å². The minimum atomic E-state index is -0.214. The third-order valence-corrected chi connectivity index (χ3v) is 2.86. The third kappa shape index (κ3) is 3.93. The van der Waals surface area contributed by atoms with Gasteiger partial charge in [0.2, 0.25) is 0 Å². The fourth-order valence-electron chi connectivity index (χ4n) is 1.78. The van der Waals surface area contributed by atoms with Crippen molar-refractivity contribution >= 4 is 5.91 Å². The van der Waals surface area contributed by atoms with Crippen LogP contribution < -0.4 is 5.32 Å². The van der Waals surface area contributed by atoms with Crippen molar-refractivity contribution in [2.45, 2.75) is 12.8 Å². The highest BCUT2D eigenvalue weighted by Gasteiger charge is 2.12. The van der Waals surface area contributed by atoms with Gasteiger partial charge in [-0.05, 0) is 12.8 Å². The van der Waals surface area contributed by atoms with Gasteiger partial charge < -0.3 is 14.6 Å². The van der Waals surface area contributed by atoms with E-state index in [1.54, 1.807) is 13.2 Å². The second-order valence-electron chi connectivity index (χ2n) is 4.40. The SMILES string of the molecule is COCCCCNC(=O)c1cc(-c2ccccc2)on1. The normalized spacial score (nSPS) is 10.4. The molecule has 20 heavy (non-hydrogen) atoms. The molecular formula is C15H18N2O3. The molecule has 0 saturated carbocycles. The van der Waals surface area contributed by atoms with E-state index in [1.165, 1.54) is 0 Å². The van der Waals surface area contributed by atoms with E-state index >= 15 is 0 Å². The lowest BCUT2D eigenvalue weighted by molar-refractivity contribution is 0.0942. The van der Waals surface area contributed by atoms with Gasteiger partial charge in [0.05, 0.1) is 0 Å². The number of ether oxygens (including phenoxy) is 1. The summed E-state index contributed by atoms with van der Waals surface area (Å²) in [5, 5.41) is 6.60. The van der Waals surface area contributed by atoms with Gasteiger partial charge in [-0.1, -0.05) is 35.5 Å². The molecular weight excluding hydrogens is 256 g/mol. The minimum absolute atomic E-state index is 0.214. The Kier molecular flexibility index (Phi) is 5.32. The molecule has 0 aliphatic carbocycles. The number of nitrogens with zero attached hydrogens (tertiary/aromatic N) is 1. The summed E-state index contributed by atoms with van der Waals surface area (Å²) < 4.78 is 10.1. The standard InChI is InChI=1S/C15H18N2O3/c1-19-10-6-5-9-16-15(18)13-11-14(20-17-13)12-7-3-2-4-8-12/h2-4,7-8,11H,5-6,9-10H2,1H3,(H,16,18). The van der Waals surface area contributed by atoms with E-state index in [9.17, 15) is 4.79 Å². The predicted octanol–water partition coefficient (Wildman–Crippen LogP) is 2.50. The minimum Gasteiger partial charge on any atom is -0.385 e. The lowest BCUT2D eigenvalue weighted by Gasteiger charge is -2.01. The molecule has 0 aliphatic rings. The lowest BCUT2D eigenvalue weighted by Crippen LogP contribution is -2.24. The zero-order chi connectivity index (χ0) is 14.2. The molecule has 1 N–H and O–H groups in total. The molecule has 0 aliphatic heterocycles. The summed E-state index contributed by atoms with van der Waals surface area (Å²) in [5.41, 5.74) is 1.20. The zero-order valence-corrected chi connectivity index (χ0v) is 11.5. The summed E-state index contributed by atoms with van der Waals surface area (Å²) in [6.45, 7) is 1.31. The molecule has 1 aromatic heterocycles. The summed E-state index contributed by atoms with van der Waals surface area (Å²) in [6, 6.07) is 11.2. The van der Waals surface area contributed by atoms with Crippen LogP contribution in [0.15, 0.2) is 40.9 Å². The van der Waals surface area contributed by atoms with E-state index in [0.717, 1.165) is 18.4 Å². The summed E-state index contributed by atoms with van der Waals surface area (Å²) in [6.07, 6.45) is 1.80. The number of aromatic nitrogens is 1. The number of hydrogen-bond acceptors (Lipinski definition) is 4. The molecule has 0 atom stereocenters. The maximum Gasteiger partial charge on any atom is 0.273 e. The molecule has 2 rings (SSSR count). The predicted molar refractivity (Wildman–Crippen MR) is 75.4 cm³/mol. The molecule has 2 aromatic rings. The van der Waals surface area contributed by atoms with Crippen molar-refractivity contribution in [1.29, 1.82) is 0 Å². The molecule has 0 radical (unpaired) electrons. The van der Waals surface area contributed by atoms with Crippen molar-refractivity contribution in [1.82, 2.24) is 10.5 Å². The highest BCUT2D eigenvalue weighted by Crippen LogP contribution is 2.19. The van der Waals surface area contributed by atoms with E-state index < -0.39 is 0 Å². The van der Waals surface area contributed by atoms with Gasteiger partial charge in [0.1, 0.15) is 0 Å². The Hall–Kier alpha value is -2.14. The van der Waals surface area contributed by atoms with Crippen molar-refractivity contribution in [3.63, 3.8) is 0 Å². The summed E-state index contributed by atoms with van der Waals surface area (Å²) in [7, 11) is 1.67. The molecule has 106 valence electrons. The molecule has 0 fully saturated rings. The van der Waals surface area contributed by atoms with Crippen LogP contribution in [0, 0.1) is 0 Å². The third-order valence-electron chi connectivity index (χ3n) is 2.86. The average Bonchev–Trinajstić information content (AvgIpc) is 2.98. The Labute approximate surface area is 117 Å². The fraction of sp³-hybridized carbons (Fsp3) is 0.333. The van der Waals surface area contributed by atoms with E-state index in [0.29, 0.717) is 24.6 Å². The van der Waals surface area contributed by atoms with Crippen molar-refractivity contribution in [2.75, 3.05) is 20.3 Å². The molecule has 1 aromatic carbocycles. The first-order valence-corrected chi connectivity index (χ1v) is 6.60. The van der Waals surface area contributed by atoms with Crippen LogP contribution in [0.2, 0.25) is 0 Å². The van der Waals surface area contributed by atoms with E-state index in [2.05, 4.69) is 10.5 Å². The Morgan fingerprint density at radius 3 is 2.85 bits per heavy atom. The van der Waals surface area contributed by atoms with Gasteiger partial charge in [-0.3, -0.25) is 4.79 Å². The number of methoxy groups -OCH3 is 1. The number of amides is 1. The van der Waals surface area contributed by atoms with Crippen molar-refractivity contribution in [3.8, 4) is 11.3 Å². The average molecular weight is 274 g/mol. The highest BCUT2D eigenvalue weighted by molar-refractivity contribution is 5.93. The van der Waals surface area contributed by atoms with Gasteiger partial charge in [0.15, 0.2) is 11.5 Å². The van der Waals surface area contributed by atoms with Crippen LogP contribution in [0.4, 0.5) is 0 Å². The first-order chi connectivity index (χ1) is 9.81. The number of carbonyl (C=O) groups is 1. The molecule has 1 amide bonds. The lowest BCUT2D eigenvalue weighted by atomic mass is 10.1. The first-order valence-electron chi connectivity index (χ1n) is 6.60. The van der Waals surface area contributed by atoms with E-state index in [4.69, 9.17) is 9.26 Å². The summed E-state index contributed by atoms with van der Waals surface area (Å²) in [4.78, 5) is 11.9. The van der Waals surface area contributed by atoms with Crippen molar-refractivity contribution in [3.05, 3.63) is 42.1 Å². The second-order valence-corrected chi connectivity index (χ2v) is 4.40. The molecule has 1 heterocycles. The maximum atomic E-state index is 11.9. The first kappa shape index (κ1) is 14.3. The number of nitrogens with one attached hydrogen (secondary N) is 1. The largest absolute Gasteiger partial charge is 0.385 e. The summed E-state index contributed by atoms with van der Waals surface area (Å²) in [5.74, 6) is 0.378. The number of rotatable bonds is 7. The number of benzene rings is 1. The monoisotopic (exact) mass is 274 g/mol. The van der Waals surface area contributed by atoms with Crippen LogP contribution in [-0.2, 0) is 4.74 Å². The Morgan fingerprint density at radius 1 is 1.30 bits per heavy atom. The van der Waals surface area contributed by atoms with Crippen LogP contribution >= 0.6 is 0 Å². The van der Waals surface area contributed by atoms with Gasteiger partial charge in [-0.15, -0.1) is 0 Å². The van der Waals surface area contributed by atoms with Gasteiger partial charge in [0, 0.05) is 31.9 Å². The highest BCUT2D eigenvalue weighted by atomic mass is 16.5. The number of hydrogen-bond donors (Lipinski definition) is 1.